The van der Waals surface area contributed by atoms with Crippen molar-refractivity contribution >= 4 is 27.5 Å². The average molecular weight is 559 g/mol. The number of nitrogens with zero attached hydrogens (tertiary/aromatic N) is 5. The topological polar surface area (TPSA) is 86.6 Å². The lowest BCUT2D eigenvalue weighted by Gasteiger charge is -2.46. The molecule has 4 aliphatic heterocycles. The molecule has 8 rings (SSSR count). The summed E-state index contributed by atoms with van der Waals surface area (Å²) >= 11 is 0. The summed E-state index contributed by atoms with van der Waals surface area (Å²) < 4.78 is 54.7. The van der Waals surface area contributed by atoms with Crippen LogP contribution in [0.3, 0.4) is 0 Å². The Morgan fingerprint density at radius 3 is 2.83 bits per heavy atom. The maximum Gasteiger partial charge on any atom is 0.319 e. The maximum absolute atomic E-state index is 16.7. The van der Waals surface area contributed by atoms with E-state index in [2.05, 4.69) is 31.1 Å². The number of ether oxygens (including phenoxy) is 1. The average Bonchev–Trinajstić information content (AvgIpc) is 3.44. The lowest BCUT2D eigenvalue weighted by molar-refractivity contribution is 0.188. The number of piperidine rings is 2. The molecular formula is C31H30F2N6O2. The van der Waals surface area contributed by atoms with E-state index < -0.39 is 24.2 Å². The number of pyridine rings is 1. The molecule has 210 valence electrons. The molecule has 0 amide bonds. The number of terminal acetylenes is 1. The first-order chi connectivity index (χ1) is 20.6. The van der Waals surface area contributed by atoms with Gasteiger partial charge in [0.25, 0.3) is 0 Å². The van der Waals surface area contributed by atoms with E-state index in [-0.39, 0.29) is 51.6 Å². The molecule has 10 heteroatoms. The van der Waals surface area contributed by atoms with Gasteiger partial charge in [0.15, 0.2) is 5.82 Å². The third kappa shape index (κ3) is 4.40. The van der Waals surface area contributed by atoms with E-state index in [4.69, 9.17) is 13.9 Å². The van der Waals surface area contributed by atoms with E-state index in [1.54, 1.807) is 0 Å². The Morgan fingerprint density at radius 2 is 2.12 bits per heavy atom. The molecule has 4 aromatic rings. The predicted octanol–water partition coefficient (Wildman–Crippen LogP) is 4.22. The Bertz CT molecular complexity index is 1810. The van der Waals surface area contributed by atoms with Crippen LogP contribution >= 0.6 is 0 Å². The summed E-state index contributed by atoms with van der Waals surface area (Å²) in [5, 5.41) is 15.0. The second-order valence-electron chi connectivity index (χ2n) is 11.0. The molecule has 4 fully saturated rings. The molecule has 0 spiro atoms. The number of aromatic hydroxyl groups is 1. The van der Waals surface area contributed by atoms with E-state index in [9.17, 15) is 9.50 Å². The van der Waals surface area contributed by atoms with Crippen molar-refractivity contribution in [3.05, 3.63) is 47.7 Å². The first-order valence-electron chi connectivity index (χ1n) is 14.8. The van der Waals surface area contributed by atoms with Gasteiger partial charge < -0.3 is 25.0 Å². The number of phenolic OH excluding ortho intramolecular Hbond substituents is 1. The summed E-state index contributed by atoms with van der Waals surface area (Å²) in [6.45, 7) is -0.0157. The number of likely N-dealkylation sites (tertiary alicyclic amines) is 1. The monoisotopic (exact) mass is 558 g/mol. The van der Waals surface area contributed by atoms with Crippen molar-refractivity contribution in [1.29, 1.82) is 0 Å². The van der Waals surface area contributed by atoms with Crippen LogP contribution in [0.2, 0.25) is 0 Å². The highest BCUT2D eigenvalue weighted by atomic mass is 19.1. The van der Waals surface area contributed by atoms with Gasteiger partial charge in [0.1, 0.15) is 35.2 Å². The first kappa shape index (κ1) is 23.6. The molecule has 6 heterocycles. The van der Waals surface area contributed by atoms with E-state index in [0.717, 1.165) is 32.4 Å². The summed E-state index contributed by atoms with van der Waals surface area (Å²) in [6.07, 6.45) is 10.5. The van der Waals surface area contributed by atoms with Crippen molar-refractivity contribution in [2.45, 2.75) is 43.8 Å². The summed E-state index contributed by atoms with van der Waals surface area (Å²) in [7, 11) is 1.84. The molecule has 2 bridgehead atoms. The van der Waals surface area contributed by atoms with Crippen LogP contribution < -0.4 is 15.0 Å². The van der Waals surface area contributed by atoms with Crippen molar-refractivity contribution in [2.24, 2.45) is 0 Å². The van der Waals surface area contributed by atoms with Gasteiger partial charge >= 0.3 is 6.01 Å². The van der Waals surface area contributed by atoms with Crippen LogP contribution in [0.5, 0.6) is 11.8 Å². The number of piperazine rings is 1. The number of nitrogens with one attached hydrogen (secondary N) is 1. The SMILES string of the molecule is [2H]C([2H])(Oc1nc(N2CC3CCC2CN3)c2cnc(-c3cc(O)cc4ccc(F)c(C#C)c34)c(F)c2n1)[C@@H]1CCCN1C. The van der Waals surface area contributed by atoms with E-state index in [0.29, 0.717) is 29.6 Å². The molecule has 3 atom stereocenters. The van der Waals surface area contributed by atoms with Crippen LogP contribution in [0.15, 0.2) is 30.5 Å². The molecule has 2 aromatic carbocycles. The fraction of sp³-hybridized carbons (Fsp3) is 0.387. The van der Waals surface area contributed by atoms with Crippen LogP contribution in [0, 0.1) is 24.0 Å². The molecule has 4 saturated heterocycles. The van der Waals surface area contributed by atoms with Crippen molar-refractivity contribution in [3.63, 3.8) is 0 Å². The minimum atomic E-state index is -2.13. The summed E-state index contributed by atoms with van der Waals surface area (Å²) in [5.41, 5.74) is -0.280. The molecule has 41 heavy (non-hydrogen) atoms. The molecule has 2 aromatic heterocycles. The number of hydrogen-bond donors (Lipinski definition) is 2. The van der Waals surface area contributed by atoms with Crippen LogP contribution in [0.25, 0.3) is 32.9 Å². The van der Waals surface area contributed by atoms with Gasteiger partial charge in [0.05, 0.1) is 13.7 Å². The van der Waals surface area contributed by atoms with Gasteiger partial charge in [-0.1, -0.05) is 12.0 Å². The number of fused-ring (bicyclic) bond motifs is 5. The molecule has 8 nitrogen and oxygen atoms in total. The van der Waals surface area contributed by atoms with Crippen molar-refractivity contribution in [1.82, 2.24) is 25.2 Å². The Labute approximate surface area is 239 Å². The predicted molar refractivity (Wildman–Crippen MR) is 153 cm³/mol. The van der Waals surface area contributed by atoms with Crippen LogP contribution in [0.1, 0.15) is 34.0 Å². The smallest absolute Gasteiger partial charge is 0.319 e. The number of anilines is 1. The Hall–Kier alpha value is -4.07. The third-order valence-electron chi connectivity index (χ3n) is 8.52. The number of aromatic nitrogens is 3. The second-order valence-corrected chi connectivity index (χ2v) is 11.0. The zero-order chi connectivity index (χ0) is 30.0. The minimum Gasteiger partial charge on any atom is -0.508 e. The molecule has 4 aliphatic rings. The van der Waals surface area contributed by atoms with Crippen LogP contribution in [-0.2, 0) is 0 Å². The minimum absolute atomic E-state index is 0.0769. The molecule has 0 aliphatic carbocycles. The number of rotatable bonds is 5. The van der Waals surface area contributed by atoms with Gasteiger partial charge in [-0.05, 0) is 62.9 Å². The van der Waals surface area contributed by atoms with E-state index in [1.165, 1.54) is 30.5 Å². The van der Waals surface area contributed by atoms with Crippen LogP contribution in [-0.4, -0.2) is 76.3 Å². The second kappa shape index (κ2) is 10.1. The molecule has 0 radical (unpaired) electrons. The number of likely N-dealkylation sites (N-methyl/N-ethyl adjacent to an activating group) is 1. The number of hydrogen-bond acceptors (Lipinski definition) is 8. The maximum atomic E-state index is 16.7. The van der Waals surface area contributed by atoms with Gasteiger partial charge in [-0.25, -0.2) is 8.78 Å². The lowest BCUT2D eigenvalue weighted by atomic mass is 9.92. The largest absolute Gasteiger partial charge is 0.508 e. The molecule has 2 unspecified atom stereocenters. The van der Waals surface area contributed by atoms with Gasteiger partial charge in [0, 0.05) is 48.4 Å². The van der Waals surface area contributed by atoms with Gasteiger partial charge in [-0.15, -0.1) is 6.42 Å². The van der Waals surface area contributed by atoms with Crippen molar-refractivity contribution in [2.75, 3.05) is 38.1 Å². The fourth-order valence-electron chi connectivity index (χ4n) is 6.37. The lowest BCUT2D eigenvalue weighted by Crippen LogP contribution is -2.61. The standard InChI is InChI=1S/C31H30F2N6O2/c1-3-22-25(32)9-6-17-11-21(40)12-23(26(17)22)28-27(33)29-24(14-35-28)30(39-15-18-7-8-19(39)13-34-18)37-31(36-29)41-16-20-5-4-10-38(20)2/h1,6,9,11-12,14,18-20,34,40H,4-5,7-8,10,13,15-16H2,2H3/t18?,19?,20-/m0/s1/i16D2. The quantitative estimate of drug-likeness (QED) is 0.352. The summed E-state index contributed by atoms with van der Waals surface area (Å²) in [6, 6.07) is 4.92. The van der Waals surface area contributed by atoms with E-state index >= 15 is 4.39 Å². The fourth-order valence-corrected chi connectivity index (χ4v) is 6.37. The highest BCUT2D eigenvalue weighted by molar-refractivity contribution is 6.03. The Balaban J connectivity index is 1.43. The molecule has 2 N–H and O–H groups in total. The van der Waals surface area contributed by atoms with Crippen LogP contribution in [0.4, 0.5) is 14.6 Å². The summed E-state index contributed by atoms with van der Waals surface area (Å²) in [5.74, 6) is 1.09. The van der Waals surface area contributed by atoms with Crippen molar-refractivity contribution < 1.29 is 21.4 Å². The van der Waals surface area contributed by atoms with Crippen molar-refractivity contribution in [3.8, 4) is 35.4 Å². The Kier molecular flexibility index (Phi) is 5.81. The molecule has 0 saturated carbocycles. The highest BCUT2D eigenvalue weighted by Crippen LogP contribution is 2.39. The summed E-state index contributed by atoms with van der Waals surface area (Å²) in [4.78, 5) is 17.5. The highest BCUT2D eigenvalue weighted by Gasteiger charge is 2.36. The van der Waals surface area contributed by atoms with Gasteiger partial charge in [-0.3, -0.25) is 4.98 Å². The van der Waals surface area contributed by atoms with Gasteiger partial charge in [-0.2, -0.15) is 9.97 Å². The third-order valence-corrected chi connectivity index (χ3v) is 8.52. The number of benzene rings is 2. The zero-order valence-corrected chi connectivity index (χ0v) is 22.5. The number of halogens is 2. The number of phenols is 1. The van der Waals surface area contributed by atoms with Gasteiger partial charge in [0.2, 0.25) is 0 Å². The molecular weight excluding hydrogens is 526 g/mol. The van der Waals surface area contributed by atoms with E-state index in [1.807, 2.05) is 11.9 Å². The first-order valence-corrected chi connectivity index (χ1v) is 13.8. The zero-order valence-electron chi connectivity index (χ0n) is 24.5. The Morgan fingerprint density at radius 1 is 1.24 bits per heavy atom. The normalized spacial score (nSPS) is 23.6.